The Balaban J connectivity index is 2.11. The molecule has 1 aromatic carbocycles. The maximum atomic E-state index is 11.0. The Hall–Kier alpha value is -1.75. The van der Waals surface area contributed by atoms with Crippen LogP contribution in [0.5, 0.6) is 0 Å². The van der Waals surface area contributed by atoms with Crippen molar-refractivity contribution in [2.75, 3.05) is 0 Å². The summed E-state index contributed by atoms with van der Waals surface area (Å²) in [5.41, 5.74) is 1.89. The van der Waals surface area contributed by atoms with Crippen LogP contribution in [0.3, 0.4) is 0 Å². The average Bonchev–Trinajstić information content (AvgIpc) is 2.81. The highest BCUT2D eigenvalue weighted by Gasteiger charge is 2.50. The minimum Gasteiger partial charge on any atom is -0.324 e. The molecule has 0 saturated carbocycles. The molecule has 0 N–H and O–H groups in total. The number of aromatic nitrogens is 3. The molecule has 0 unspecified atom stereocenters. The number of hydrogen-bond acceptors (Lipinski definition) is 3. The predicted molar refractivity (Wildman–Crippen MR) is 76.6 cm³/mol. The van der Waals surface area contributed by atoms with Gasteiger partial charge in [0, 0.05) is 12.6 Å². The van der Waals surface area contributed by atoms with Crippen molar-refractivity contribution in [1.82, 2.24) is 14.8 Å². The van der Waals surface area contributed by atoms with Crippen molar-refractivity contribution in [1.29, 1.82) is 0 Å². The van der Waals surface area contributed by atoms with E-state index < -0.39 is 8.07 Å². The van der Waals surface area contributed by atoms with Crippen LogP contribution in [0, 0.1) is 5.92 Å². The van der Waals surface area contributed by atoms with E-state index in [0.29, 0.717) is 0 Å². The van der Waals surface area contributed by atoms with Crippen molar-refractivity contribution in [2.45, 2.75) is 19.0 Å². The standard InChI is InChI=1S/C14H17N3OSi/c1-11-8-19(9-11,14-16-15-10-17(14)2)13-5-3-4-12(6-13)7-18/h3-7,10-11H,8-9H2,1-2H3. The van der Waals surface area contributed by atoms with Gasteiger partial charge in [-0.1, -0.05) is 31.2 Å². The van der Waals surface area contributed by atoms with E-state index in [0.717, 1.165) is 23.2 Å². The molecule has 0 atom stereocenters. The summed E-state index contributed by atoms with van der Waals surface area (Å²) in [5.74, 6) is 0.739. The molecule has 1 fully saturated rings. The molecule has 1 aliphatic heterocycles. The molecule has 2 heterocycles. The van der Waals surface area contributed by atoms with Crippen LogP contribution in [0.25, 0.3) is 0 Å². The summed E-state index contributed by atoms with van der Waals surface area (Å²) in [6.45, 7) is 2.28. The molecule has 0 amide bonds. The van der Waals surface area contributed by atoms with Crippen LogP contribution in [0.1, 0.15) is 17.3 Å². The lowest BCUT2D eigenvalue weighted by atomic mass is 10.2. The van der Waals surface area contributed by atoms with E-state index in [1.54, 1.807) is 6.33 Å². The Morgan fingerprint density at radius 1 is 1.42 bits per heavy atom. The topological polar surface area (TPSA) is 47.8 Å². The Kier molecular flexibility index (Phi) is 2.86. The maximum absolute atomic E-state index is 11.0. The van der Waals surface area contributed by atoms with Gasteiger partial charge in [0.25, 0.3) is 0 Å². The number of carbonyl (C=O) groups excluding carboxylic acids is 1. The van der Waals surface area contributed by atoms with Crippen molar-refractivity contribution < 1.29 is 4.79 Å². The SMILES string of the molecule is CC1C[Si](c2cccc(C=O)c2)(c2nncn2C)C1. The Labute approximate surface area is 113 Å². The molecule has 5 heteroatoms. The number of benzene rings is 1. The summed E-state index contributed by atoms with van der Waals surface area (Å²) < 4.78 is 2.05. The first-order valence-electron chi connectivity index (χ1n) is 6.56. The average molecular weight is 271 g/mol. The molecule has 0 radical (unpaired) electrons. The van der Waals surface area contributed by atoms with Gasteiger partial charge in [-0.15, -0.1) is 10.2 Å². The highest BCUT2D eigenvalue weighted by atomic mass is 28.3. The second-order valence-electron chi connectivity index (χ2n) is 5.60. The molecule has 0 aliphatic carbocycles. The third kappa shape index (κ3) is 1.85. The number of rotatable bonds is 3. The fourth-order valence-electron chi connectivity index (χ4n) is 3.30. The Morgan fingerprint density at radius 2 is 2.21 bits per heavy atom. The first-order valence-corrected chi connectivity index (χ1v) is 8.97. The third-order valence-corrected chi connectivity index (χ3v) is 9.62. The fourth-order valence-corrected chi connectivity index (χ4v) is 8.50. The number of aryl methyl sites for hydroxylation is 1. The highest BCUT2D eigenvalue weighted by Crippen LogP contribution is 2.37. The maximum Gasteiger partial charge on any atom is 0.165 e. The van der Waals surface area contributed by atoms with Gasteiger partial charge in [-0.25, -0.2) is 0 Å². The van der Waals surface area contributed by atoms with Crippen molar-refractivity contribution in [3.8, 4) is 0 Å². The van der Waals surface area contributed by atoms with E-state index in [4.69, 9.17) is 0 Å². The molecule has 19 heavy (non-hydrogen) atoms. The van der Waals surface area contributed by atoms with E-state index in [1.165, 1.54) is 17.3 Å². The van der Waals surface area contributed by atoms with Gasteiger partial charge in [0.1, 0.15) is 18.1 Å². The van der Waals surface area contributed by atoms with Gasteiger partial charge in [-0.2, -0.15) is 0 Å². The number of nitrogens with zero attached hydrogens (tertiary/aromatic N) is 3. The lowest BCUT2D eigenvalue weighted by Crippen LogP contribution is -2.68. The van der Waals surface area contributed by atoms with Crippen molar-refractivity contribution in [2.24, 2.45) is 13.0 Å². The number of hydrogen-bond donors (Lipinski definition) is 0. The second kappa shape index (κ2) is 4.42. The Morgan fingerprint density at radius 3 is 2.79 bits per heavy atom. The van der Waals surface area contributed by atoms with Gasteiger partial charge in [-0.05, 0) is 23.2 Å². The van der Waals surface area contributed by atoms with E-state index in [9.17, 15) is 4.79 Å². The fraction of sp³-hybridized carbons (Fsp3) is 0.357. The van der Waals surface area contributed by atoms with Crippen LogP contribution in [0.4, 0.5) is 0 Å². The van der Waals surface area contributed by atoms with Crippen LogP contribution in [-0.2, 0) is 7.05 Å². The predicted octanol–water partition coefficient (Wildman–Crippen LogP) is 0.840. The molecule has 1 aliphatic rings. The van der Waals surface area contributed by atoms with Crippen LogP contribution in [-0.4, -0.2) is 29.1 Å². The van der Waals surface area contributed by atoms with E-state index in [2.05, 4.69) is 23.2 Å². The summed E-state index contributed by atoms with van der Waals surface area (Å²) >= 11 is 0. The summed E-state index contributed by atoms with van der Waals surface area (Å²) in [7, 11) is 0.243. The lowest BCUT2D eigenvalue weighted by molar-refractivity contribution is 0.112. The van der Waals surface area contributed by atoms with E-state index in [-0.39, 0.29) is 0 Å². The van der Waals surface area contributed by atoms with Crippen molar-refractivity contribution in [3.63, 3.8) is 0 Å². The van der Waals surface area contributed by atoms with E-state index in [1.807, 2.05) is 29.8 Å². The van der Waals surface area contributed by atoms with Gasteiger partial charge in [0.2, 0.25) is 0 Å². The lowest BCUT2D eigenvalue weighted by Gasteiger charge is -2.43. The summed E-state index contributed by atoms with van der Waals surface area (Å²) in [6, 6.07) is 10.4. The second-order valence-corrected chi connectivity index (χ2v) is 9.61. The summed E-state index contributed by atoms with van der Waals surface area (Å²) in [6.07, 6.45) is 2.70. The molecule has 1 saturated heterocycles. The minimum absolute atomic E-state index is 0.739. The molecule has 4 nitrogen and oxygen atoms in total. The minimum atomic E-state index is -1.77. The first kappa shape index (κ1) is 12.3. The van der Waals surface area contributed by atoms with Crippen LogP contribution < -0.4 is 10.6 Å². The van der Waals surface area contributed by atoms with Crippen molar-refractivity contribution in [3.05, 3.63) is 36.2 Å². The molecular formula is C14H17N3OSi. The normalized spacial score (nSPS) is 25.9. The van der Waals surface area contributed by atoms with Gasteiger partial charge in [0.05, 0.1) is 0 Å². The molecule has 3 rings (SSSR count). The molecule has 0 spiro atoms. The molecule has 1 aromatic heterocycles. The Bertz CT molecular complexity index is 617. The molecule has 2 aromatic rings. The number of carbonyl (C=O) groups is 1. The van der Waals surface area contributed by atoms with Crippen molar-refractivity contribution >= 4 is 25.0 Å². The van der Waals surface area contributed by atoms with Gasteiger partial charge < -0.3 is 4.57 Å². The van der Waals surface area contributed by atoms with Crippen LogP contribution >= 0.6 is 0 Å². The van der Waals surface area contributed by atoms with Gasteiger partial charge >= 0.3 is 0 Å². The van der Waals surface area contributed by atoms with Crippen LogP contribution in [0.15, 0.2) is 30.6 Å². The van der Waals surface area contributed by atoms with E-state index >= 15 is 0 Å². The van der Waals surface area contributed by atoms with Gasteiger partial charge in [0.15, 0.2) is 8.07 Å². The monoisotopic (exact) mass is 271 g/mol. The van der Waals surface area contributed by atoms with Gasteiger partial charge in [-0.3, -0.25) is 4.79 Å². The zero-order valence-corrected chi connectivity index (χ0v) is 12.2. The highest BCUT2D eigenvalue weighted by molar-refractivity contribution is 7.03. The number of aldehydes is 1. The smallest absolute Gasteiger partial charge is 0.165 e. The molecular weight excluding hydrogens is 254 g/mol. The zero-order valence-electron chi connectivity index (χ0n) is 11.2. The van der Waals surface area contributed by atoms with Crippen LogP contribution in [0.2, 0.25) is 12.1 Å². The third-order valence-electron chi connectivity index (χ3n) is 4.11. The molecule has 98 valence electrons. The largest absolute Gasteiger partial charge is 0.324 e. The molecule has 0 bridgehead atoms. The summed E-state index contributed by atoms with van der Waals surface area (Å²) in [4.78, 5) is 11.0. The summed E-state index contributed by atoms with van der Waals surface area (Å²) in [5, 5.41) is 9.71. The quantitative estimate of drug-likeness (QED) is 0.614. The zero-order chi connectivity index (χ0) is 13.5. The first-order chi connectivity index (χ1) is 9.15.